The van der Waals surface area contributed by atoms with Crippen molar-refractivity contribution < 1.29 is 14.1 Å². The topological polar surface area (TPSA) is 26.0 Å². The summed E-state index contributed by atoms with van der Waals surface area (Å²) in [5, 5.41) is 0. The van der Waals surface area contributed by atoms with Crippen molar-refractivity contribution in [2.24, 2.45) is 5.73 Å². The third-order valence-electron chi connectivity index (χ3n) is 1.08. The van der Waals surface area contributed by atoms with Crippen molar-refractivity contribution in [3.8, 4) is 0 Å². The van der Waals surface area contributed by atoms with E-state index in [4.69, 9.17) is 5.73 Å². The molecule has 1 aromatic rings. The van der Waals surface area contributed by atoms with E-state index in [-0.39, 0.29) is 22.5 Å². The van der Waals surface area contributed by atoms with Gasteiger partial charge < -0.3 is 5.73 Å². The Kier molecular flexibility index (Phi) is 23.7. The first-order valence-corrected chi connectivity index (χ1v) is 2.67. The molecule has 1 aromatic carbocycles. The second-order valence-electron chi connectivity index (χ2n) is 1.69. The predicted molar refractivity (Wildman–Crippen MR) is 51.8 cm³/mol. The van der Waals surface area contributed by atoms with Gasteiger partial charge in [0.05, 0.1) is 8.41 Å². The van der Waals surface area contributed by atoms with Crippen LogP contribution in [0.5, 0.6) is 0 Å². The Labute approximate surface area is 71.6 Å². The summed E-state index contributed by atoms with van der Waals surface area (Å²) >= 11 is 0. The van der Waals surface area contributed by atoms with Gasteiger partial charge in [0.2, 0.25) is 0 Å². The molecule has 1 rings (SSSR count). The van der Waals surface area contributed by atoms with Crippen LogP contribution in [0.25, 0.3) is 0 Å². The maximum Gasteiger partial charge on any atom is 0.0814 e. The molecule has 0 unspecified atom stereocenters. The Morgan fingerprint density at radius 1 is 0.917 bits per heavy atom. The van der Waals surface area contributed by atoms with Gasteiger partial charge in [-0.05, 0) is 5.56 Å². The van der Waals surface area contributed by atoms with Gasteiger partial charge in [-0.15, -0.1) is 0 Å². The van der Waals surface area contributed by atoms with Crippen molar-refractivity contribution in [2.75, 3.05) is 0 Å². The molecule has 72 valence electrons. The van der Waals surface area contributed by atoms with E-state index >= 15 is 0 Å². The Morgan fingerprint density at radius 3 is 1.58 bits per heavy atom. The molecule has 0 aliphatic rings. The van der Waals surface area contributed by atoms with Crippen molar-refractivity contribution in [3.05, 3.63) is 35.9 Å². The highest BCUT2D eigenvalue weighted by molar-refractivity contribution is 5.75. The molecule has 1 nitrogen and oxygen atoms in total. The molecule has 0 heterocycles. The van der Waals surface area contributed by atoms with E-state index in [1.807, 2.05) is 30.3 Å². The van der Waals surface area contributed by atoms with Crippen LogP contribution in [0.2, 0.25) is 0 Å². The van der Waals surface area contributed by atoms with Gasteiger partial charge >= 0.3 is 0 Å². The molecule has 0 spiro atoms. The molecule has 0 atom stereocenters. The van der Waals surface area contributed by atoms with E-state index < -0.39 is 0 Å². The zero-order valence-corrected chi connectivity index (χ0v) is 5.90. The fraction of sp³-hybridized carbons (Fsp3) is 0.143. The highest BCUT2D eigenvalue weighted by Crippen LogP contribution is 1.94. The van der Waals surface area contributed by atoms with Gasteiger partial charge in [-0.2, -0.15) is 0 Å². The van der Waals surface area contributed by atoms with Crippen molar-refractivity contribution >= 4 is 8.41 Å². The molecular weight excluding hydrogens is 166 g/mol. The van der Waals surface area contributed by atoms with Crippen LogP contribution in [0.1, 0.15) is 5.56 Å². The van der Waals surface area contributed by atoms with E-state index in [2.05, 4.69) is 0 Å². The molecule has 0 radical (unpaired) electrons. The van der Waals surface area contributed by atoms with Crippen molar-refractivity contribution in [3.63, 3.8) is 0 Å². The number of rotatable bonds is 1. The molecule has 0 fully saturated rings. The summed E-state index contributed by atoms with van der Waals surface area (Å²) in [5.41, 5.74) is 6.54. The fourth-order valence-corrected chi connectivity index (χ4v) is 0.614. The minimum atomic E-state index is 0. The number of hydrogen-bond donors (Lipinski definition) is 1. The molecule has 0 aromatic heterocycles. The summed E-state index contributed by atoms with van der Waals surface area (Å²) in [7, 11) is 0. The Morgan fingerprint density at radius 2 is 1.33 bits per heavy atom. The molecule has 5 heteroatoms. The van der Waals surface area contributed by atoms with Gasteiger partial charge in [-0.3, -0.25) is 14.1 Å². The maximum absolute atomic E-state index is 5.35. The Hall–Kier alpha value is -0.965. The van der Waals surface area contributed by atoms with E-state index in [0.717, 1.165) is 0 Å². The van der Waals surface area contributed by atoms with Crippen LogP contribution in [0.15, 0.2) is 30.3 Å². The molecule has 12 heavy (non-hydrogen) atoms. The van der Waals surface area contributed by atoms with Crippen molar-refractivity contribution in [1.29, 1.82) is 0 Å². The van der Waals surface area contributed by atoms with E-state index in [0.29, 0.717) is 6.54 Å². The summed E-state index contributed by atoms with van der Waals surface area (Å²) < 4.78 is 0. The minimum Gasteiger partial charge on any atom is -0.326 e. The van der Waals surface area contributed by atoms with E-state index in [1.54, 1.807) is 0 Å². The van der Waals surface area contributed by atoms with Crippen LogP contribution >= 0.6 is 0 Å². The zero-order chi connectivity index (χ0) is 5.82. The SMILES string of the molecule is B.F.F.F.NCc1ccccc1. The van der Waals surface area contributed by atoms with Gasteiger partial charge in [0, 0.05) is 6.54 Å². The first-order valence-electron chi connectivity index (χ1n) is 2.67. The van der Waals surface area contributed by atoms with Gasteiger partial charge in [0.15, 0.2) is 0 Å². The lowest BCUT2D eigenvalue weighted by atomic mass is 10.2. The quantitative estimate of drug-likeness (QED) is 0.624. The molecule has 2 N–H and O–H groups in total. The average molecular weight is 181 g/mol. The Bertz CT molecular complexity index is 160. The predicted octanol–water partition coefficient (Wildman–Crippen LogP) is 0.419. The monoisotopic (exact) mass is 181 g/mol. The minimum absolute atomic E-state index is 0. The molecule has 0 aliphatic heterocycles. The fourth-order valence-electron chi connectivity index (χ4n) is 0.614. The van der Waals surface area contributed by atoms with Crippen molar-refractivity contribution in [2.45, 2.75) is 6.54 Å². The van der Waals surface area contributed by atoms with Gasteiger partial charge in [0.25, 0.3) is 0 Å². The lowest BCUT2D eigenvalue weighted by molar-refractivity contribution is 1.07. The standard InChI is InChI=1S/C7H9N.BH3.3FH/c8-6-7-4-2-1-3-5-7;;;;/h1-5H,6,8H2;1H3;3*1H. The second kappa shape index (κ2) is 12.7. The molecule has 0 aliphatic carbocycles. The van der Waals surface area contributed by atoms with Gasteiger partial charge in [-0.25, -0.2) is 0 Å². The average Bonchev–Trinajstić information content (AvgIpc) is 1.90. The zero-order valence-electron chi connectivity index (χ0n) is 5.90. The van der Waals surface area contributed by atoms with Crippen LogP contribution in [-0.2, 0) is 6.54 Å². The molecule has 0 amide bonds. The van der Waals surface area contributed by atoms with Crippen LogP contribution < -0.4 is 5.73 Å². The Balaban J connectivity index is -0.0000000800. The van der Waals surface area contributed by atoms with E-state index in [9.17, 15) is 0 Å². The summed E-state index contributed by atoms with van der Waals surface area (Å²) in [5.74, 6) is 0. The number of hydrogen-bond acceptors (Lipinski definition) is 1. The van der Waals surface area contributed by atoms with E-state index in [1.165, 1.54) is 5.56 Å². The number of benzene rings is 1. The lowest BCUT2D eigenvalue weighted by Crippen LogP contribution is -1.94. The first kappa shape index (κ1) is 22.5. The smallest absolute Gasteiger partial charge is 0.0814 e. The van der Waals surface area contributed by atoms with Crippen molar-refractivity contribution in [1.82, 2.24) is 0 Å². The summed E-state index contributed by atoms with van der Waals surface area (Å²) in [6, 6.07) is 9.99. The first-order chi connectivity index (χ1) is 3.93. The van der Waals surface area contributed by atoms with Crippen LogP contribution in [0, 0.1) is 0 Å². The van der Waals surface area contributed by atoms with Gasteiger partial charge in [-0.1, -0.05) is 30.3 Å². The highest BCUT2D eigenvalue weighted by Gasteiger charge is 1.80. The highest BCUT2D eigenvalue weighted by atomic mass is 19.0. The summed E-state index contributed by atoms with van der Waals surface area (Å²) in [6.07, 6.45) is 0. The number of halogens is 3. The maximum atomic E-state index is 5.35. The molecule has 0 saturated carbocycles. The second-order valence-corrected chi connectivity index (χ2v) is 1.69. The molecule has 0 bridgehead atoms. The number of nitrogens with two attached hydrogens (primary N) is 1. The van der Waals surface area contributed by atoms with Crippen LogP contribution in [0.4, 0.5) is 14.1 Å². The van der Waals surface area contributed by atoms with Crippen LogP contribution in [0.3, 0.4) is 0 Å². The third-order valence-corrected chi connectivity index (χ3v) is 1.08. The van der Waals surface area contributed by atoms with Crippen LogP contribution in [-0.4, -0.2) is 8.41 Å². The molecular formula is C7H15BF3N. The largest absolute Gasteiger partial charge is 0.326 e. The lowest BCUT2D eigenvalue weighted by Gasteiger charge is -1.90. The third kappa shape index (κ3) is 7.15. The molecule has 0 saturated heterocycles. The summed E-state index contributed by atoms with van der Waals surface area (Å²) in [6.45, 7) is 0.640. The summed E-state index contributed by atoms with van der Waals surface area (Å²) in [4.78, 5) is 0. The normalized spacial score (nSPS) is 6.08. The van der Waals surface area contributed by atoms with Gasteiger partial charge in [0.1, 0.15) is 0 Å².